The molecule has 5 nitrogen and oxygen atoms in total. The zero-order chi connectivity index (χ0) is 9.14. The van der Waals surface area contributed by atoms with E-state index in [0.29, 0.717) is 0 Å². The lowest BCUT2D eigenvalue weighted by Gasteiger charge is -1.92. The first-order valence-electron chi connectivity index (χ1n) is 3.34. The highest BCUT2D eigenvalue weighted by Gasteiger charge is 2.10. The van der Waals surface area contributed by atoms with Gasteiger partial charge in [-0.2, -0.15) is 5.10 Å². The third-order valence-electron chi connectivity index (χ3n) is 1.34. The molecule has 0 saturated heterocycles. The number of aryl methyl sites for hydroxylation is 1. The molecule has 0 aliphatic carbocycles. The summed E-state index contributed by atoms with van der Waals surface area (Å²) in [6, 6.07) is 0. The number of rotatable bonds is 3. The number of hydrogen-bond donors (Lipinski definition) is 2. The molecule has 6 heteroatoms. The molecule has 0 aliphatic heterocycles. The van der Waals surface area contributed by atoms with Crippen molar-refractivity contribution >= 4 is 11.6 Å². The van der Waals surface area contributed by atoms with Crippen LogP contribution in [0.5, 0.6) is 0 Å². The molecule has 4 N–H and O–H groups in total. The van der Waals surface area contributed by atoms with E-state index in [9.17, 15) is 9.18 Å². The van der Waals surface area contributed by atoms with E-state index in [-0.39, 0.29) is 17.9 Å². The molecule has 66 valence electrons. The van der Waals surface area contributed by atoms with E-state index in [1.54, 1.807) is 0 Å². The Morgan fingerprint density at radius 1 is 1.75 bits per heavy atom. The maximum atomic E-state index is 11.8. The van der Waals surface area contributed by atoms with Gasteiger partial charge in [0, 0.05) is 6.20 Å². The summed E-state index contributed by atoms with van der Waals surface area (Å²) in [6.45, 7) is -0.475. The fourth-order valence-electron chi connectivity index (χ4n) is 0.829. The summed E-state index contributed by atoms with van der Waals surface area (Å²) >= 11 is 0. The molecule has 12 heavy (non-hydrogen) atoms. The monoisotopic (exact) mass is 172 g/mol. The molecule has 0 bridgehead atoms. The number of alkyl halides is 1. The van der Waals surface area contributed by atoms with Crippen LogP contribution in [-0.2, 0) is 6.54 Å². The van der Waals surface area contributed by atoms with Gasteiger partial charge >= 0.3 is 0 Å². The second-order valence-corrected chi connectivity index (χ2v) is 2.25. The third-order valence-corrected chi connectivity index (χ3v) is 1.34. The van der Waals surface area contributed by atoms with Crippen LogP contribution in [0.25, 0.3) is 0 Å². The predicted molar refractivity (Wildman–Crippen MR) is 41.1 cm³/mol. The first-order chi connectivity index (χ1) is 5.65. The molecule has 1 heterocycles. The molecule has 1 aromatic rings. The van der Waals surface area contributed by atoms with Crippen molar-refractivity contribution in [2.45, 2.75) is 6.54 Å². The Morgan fingerprint density at radius 2 is 2.42 bits per heavy atom. The van der Waals surface area contributed by atoms with Crippen molar-refractivity contribution in [1.29, 1.82) is 0 Å². The Balaban J connectivity index is 2.92. The molecule has 0 aliphatic rings. The van der Waals surface area contributed by atoms with Gasteiger partial charge in [0.1, 0.15) is 6.67 Å². The van der Waals surface area contributed by atoms with Gasteiger partial charge in [-0.3, -0.25) is 9.48 Å². The van der Waals surface area contributed by atoms with Crippen molar-refractivity contribution in [2.75, 3.05) is 12.4 Å². The lowest BCUT2D eigenvalue weighted by Crippen LogP contribution is -2.14. The average Bonchev–Trinajstić information content (AvgIpc) is 2.32. The highest BCUT2D eigenvalue weighted by atomic mass is 19.1. The summed E-state index contributed by atoms with van der Waals surface area (Å²) in [7, 11) is 0. The van der Waals surface area contributed by atoms with Gasteiger partial charge in [0.05, 0.1) is 12.2 Å². The second-order valence-electron chi connectivity index (χ2n) is 2.25. The maximum absolute atomic E-state index is 11.8. The number of halogens is 1. The topological polar surface area (TPSA) is 86.9 Å². The second kappa shape index (κ2) is 3.21. The van der Waals surface area contributed by atoms with E-state index < -0.39 is 12.6 Å². The third kappa shape index (κ3) is 1.52. The SMILES string of the molecule is NC(=O)c1nn(CCF)cc1N. The lowest BCUT2D eigenvalue weighted by molar-refractivity contribution is 0.0995. The number of aromatic nitrogens is 2. The number of carbonyl (C=O) groups is 1. The van der Waals surface area contributed by atoms with Crippen LogP contribution in [0.4, 0.5) is 10.1 Å². The van der Waals surface area contributed by atoms with Crippen LogP contribution in [0.1, 0.15) is 10.5 Å². The van der Waals surface area contributed by atoms with E-state index in [1.165, 1.54) is 10.9 Å². The van der Waals surface area contributed by atoms with Crippen LogP contribution in [0.3, 0.4) is 0 Å². The summed E-state index contributed by atoms with van der Waals surface area (Å²) < 4.78 is 13.0. The van der Waals surface area contributed by atoms with Crippen molar-refractivity contribution < 1.29 is 9.18 Å². The summed E-state index contributed by atoms with van der Waals surface area (Å²) in [5.74, 6) is -0.704. The molecule has 0 saturated carbocycles. The van der Waals surface area contributed by atoms with Crippen molar-refractivity contribution in [2.24, 2.45) is 5.73 Å². The van der Waals surface area contributed by atoms with Gasteiger partial charge in [0.2, 0.25) is 0 Å². The molecule has 1 rings (SSSR count). The minimum atomic E-state index is -0.704. The normalized spacial score (nSPS) is 10.1. The number of nitrogens with zero attached hydrogens (tertiary/aromatic N) is 2. The Bertz CT molecular complexity index is 296. The molecule has 0 aromatic carbocycles. The fourth-order valence-corrected chi connectivity index (χ4v) is 0.829. The van der Waals surface area contributed by atoms with E-state index in [1.807, 2.05) is 0 Å². The van der Waals surface area contributed by atoms with E-state index in [0.717, 1.165) is 0 Å². The van der Waals surface area contributed by atoms with Crippen LogP contribution in [0, 0.1) is 0 Å². The molecule has 0 atom stereocenters. The summed E-state index contributed by atoms with van der Waals surface area (Å²) in [5, 5.41) is 3.68. The highest BCUT2D eigenvalue weighted by molar-refractivity contribution is 5.95. The standard InChI is InChI=1S/C6H9FN4O/c7-1-2-11-3-4(8)5(10-11)6(9)12/h3H,1-2,8H2,(H2,9,12). The van der Waals surface area contributed by atoms with Gasteiger partial charge in [-0.1, -0.05) is 0 Å². The van der Waals surface area contributed by atoms with Crippen molar-refractivity contribution in [3.8, 4) is 0 Å². The predicted octanol–water partition coefficient (Wildman–Crippen LogP) is -0.466. The Labute approximate surface area is 68.1 Å². The van der Waals surface area contributed by atoms with Crippen molar-refractivity contribution in [3.63, 3.8) is 0 Å². The lowest BCUT2D eigenvalue weighted by atomic mass is 10.4. The Kier molecular flexibility index (Phi) is 2.27. The van der Waals surface area contributed by atoms with Gasteiger partial charge in [0.25, 0.3) is 5.91 Å². The number of amides is 1. The first kappa shape index (κ1) is 8.51. The van der Waals surface area contributed by atoms with Gasteiger partial charge < -0.3 is 11.5 Å². The van der Waals surface area contributed by atoms with Crippen molar-refractivity contribution in [1.82, 2.24) is 9.78 Å². The maximum Gasteiger partial charge on any atom is 0.271 e. The van der Waals surface area contributed by atoms with Crippen LogP contribution in [0.15, 0.2) is 6.20 Å². The van der Waals surface area contributed by atoms with E-state index in [2.05, 4.69) is 5.10 Å². The fraction of sp³-hybridized carbons (Fsp3) is 0.333. The number of nitrogen functional groups attached to an aromatic ring is 1. The van der Waals surface area contributed by atoms with Crippen LogP contribution in [-0.4, -0.2) is 22.4 Å². The largest absolute Gasteiger partial charge is 0.396 e. The smallest absolute Gasteiger partial charge is 0.271 e. The van der Waals surface area contributed by atoms with Gasteiger partial charge in [-0.05, 0) is 0 Å². The molecular formula is C6H9FN4O. The number of hydrogen-bond acceptors (Lipinski definition) is 3. The number of anilines is 1. The Morgan fingerprint density at radius 3 is 2.83 bits per heavy atom. The average molecular weight is 172 g/mol. The summed E-state index contributed by atoms with van der Waals surface area (Å²) in [6.07, 6.45) is 1.37. The minimum Gasteiger partial charge on any atom is -0.396 e. The molecule has 0 unspecified atom stereocenters. The van der Waals surface area contributed by atoms with Gasteiger partial charge in [-0.15, -0.1) is 0 Å². The zero-order valence-electron chi connectivity index (χ0n) is 6.33. The number of primary amides is 1. The molecule has 0 spiro atoms. The summed E-state index contributed by atoms with van der Waals surface area (Å²) in [5.41, 5.74) is 10.5. The Hall–Kier alpha value is -1.59. The van der Waals surface area contributed by atoms with Crippen LogP contribution < -0.4 is 11.5 Å². The van der Waals surface area contributed by atoms with Crippen LogP contribution >= 0.6 is 0 Å². The number of carbonyl (C=O) groups excluding carboxylic acids is 1. The van der Waals surface area contributed by atoms with Gasteiger partial charge in [0.15, 0.2) is 5.69 Å². The molecular weight excluding hydrogens is 163 g/mol. The van der Waals surface area contributed by atoms with Crippen molar-refractivity contribution in [3.05, 3.63) is 11.9 Å². The van der Waals surface area contributed by atoms with Gasteiger partial charge in [-0.25, -0.2) is 4.39 Å². The van der Waals surface area contributed by atoms with E-state index >= 15 is 0 Å². The molecule has 0 fully saturated rings. The quantitative estimate of drug-likeness (QED) is 0.646. The first-order valence-corrected chi connectivity index (χ1v) is 3.34. The highest BCUT2D eigenvalue weighted by Crippen LogP contribution is 2.07. The molecule has 1 amide bonds. The molecule has 1 aromatic heterocycles. The van der Waals surface area contributed by atoms with E-state index in [4.69, 9.17) is 11.5 Å². The molecule has 0 radical (unpaired) electrons. The zero-order valence-corrected chi connectivity index (χ0v) is 6.33. The minimum absolute atomic E-state index is 0.0107. The summed E-state index contributed by atoms with van der Waals surface area (Å²) in [4.78, 5) is 10.6. The van der Waals surface area contributed by atoms with Crippen LogP contribution in [0.2, 0.25) is 0 Å². The number of nitrogens with two attached hydrogens (primary N) is 2.